The average Bonchev–Trinajstić information content (AvgIpc) is 2.78. The molecule has 0 spiro atoms. The monoisotopic (exact) mass is 468 g/mol. The minimum absolute atomic E-state index is 0.0922. The van der Waals surface area contributed by atoms with Gasteiger partial charge in [0.1, 0.15) is 6.17 Å². The number of nitrogens with one attached hydrogen (secondary N) is 1. The van der Waals surface area contributed by atoms with Crippen LogP contribution in [-0.4, -0.2) is 27.2 Å². The third-order valence-electron chi connectivity index (χ3n) is 5.03. The standard InChI is InChI=1S/C23H21BrN2O4/c1-28-19-12-14(13-20(29-2)21(19)30-3)22-25-18-7-5-4-6-17(18)23(27)26(22)16-10-8-15(24)9-11-16/h4-13,22,25H,1-3H3/t22-/m0/s1. The zero-order valence-corrected chi connectivity index (χ0v) is 18.4. The van der Waals surface area contributed by atoms with E-state index in [9.17, 15) is 4.79 Å². The maximum atomic E-state index is 13.5. The van der Waals surface area contributed by atoms with Gasteiger partial charge < -0.3 is 19.5 Å². The molecule has 6 nitrogen and oxygen atoms in total. The molecule has 0 radical (unpaired) electrons. The van der Waals surface area contributed by atoms with Crippen molar-refractivity contribution in [3.8, 4) is 17.2 Å². The Morgan fingerprint density at radius 2 is 1.53 bits per heavy atom. The highest BCUT2D eigenvalue weighted by atomic mass is 79.9. The molecule has 1 aliphatic heterocycles. The Morgan fingerprint density at radius 3 is 2.13 bits per heavy atom. The minimum Gasteiger partial charge on any atom is -0.493 e. The van der Waals surface area contributed by atoms with Crippen LogP contribution in [0.5, 0.6) is 17.2 Å². The summed E-state index contributed by atoms with van der Waals surface area (Å²) in [5.74, 6) is 1.46. The number of anilines is 2. The Bertz CT molecular complexity index is 1060. The maximum Gasteiger partial charge on any atom is 0.262 e. The van der Waals surface area contributed by atoms with Crippen LogP contribution in [0.15, 0.2) is 65.1 Å². The van der Waals surface area contributed by atoms with Gasteiger partial charge in [-0.2, -0.15) is 0 Å². The van der Waals surface area contributed by atoms with E-state index in [0.717, 1.165) is 21.4 Å². The van der Waals surface area contributed by atoms with Crippen LogP contribution in [0.1, 0.15) is 22.1 Å². The van der Waals surface area contributed by atoms with Crippen LogP contribution in [0.3, 0.4) is 0 Å². The molecule has 0 bridgehead atoms. The Kier molecular flexibility index (Phi) is 5.55. The summed E-state index contributed by atoms with van der Waals surface area (Å²) < 4.78 is 17.4. The number of carbonyl (C=O) groups excluding carboxylic acids is 1. The minimum atomic E-state index is -0.470. The molecular weight excluding hydrogens is 448 g/mol. The zero-order valence-electron chi connectivity index (χ0n) is 16.8. The van der Waals surface area contributed by atoms with Crippen molar-refractivity contribution in [2.75, 3.05) is 31.5 Å². The van der Waals surface area contributed by atoms with Crippen molar-refractivity contribution < 1.29 is 19.0 Å². The second-order valence-corrected chi connectivity index (χ2v) is 7.62. The predicted octanol–water partition coefficient (Wildman–Crippen LogP) is 5.25. The quantitative estimate of drug-likeness (QED) is 0.554. The number of amides is 1. The van der Waals surface area contributed by atoms with Gasteiger partial charge in [0.05, 0.1) is 26.9 Å². The van der Waals surface area contributed by atoms with Gasteiger partial charge in [0, 0.05) is 21.4 Å². The lowest BCUT2D eigenvalue weighted by Crippen LogP contribution is -2.43. The first-order valence-corrected chi connectivity index (χ1v) is 10.1. The number of hydrogen-bond acceptors (Lipinski definition) is 5. The number of ether oxygens (including phenoxy) is 3. The summed E-state index contributed by atoms with van der Waals surface area (Å²) in [6, 6.07) is 18.8. The van der Waals surface area contributed by atoms with Gasteiger partial charge in [-0.3, -0.25) is 9.69 Å². The molecule has 7 heteroatoms. The normalized spacial score (nSPS) is 15.3. The van der Waals surface area contributed by atoms with Crippen molar-refractivity contribution in [2.24, 2.45) is 0 Å². The number of halogens is 1. The van der Waals surface area contributed by atoms with Crippen LogP contribution in [0.4, 0.5) is 11.4 Å². The SMILES string of the molecule is COc1cc([C@H]2Nc3ccccc3C(=O)N2c2ccc(Br)cc2)cc(OC)c1OC. The molecule has 3 aromatic carbocycles. The van der Waals surface area contributed by atoms with Crippen LogP contribution in [0.25, 0.3) is 0 Å². The molecule has 0 aromatic heterocycles. The van der Waals surface area contributed by atoms with E-state index >= 15 is 0 Å². The molecule has 1 N–H and O–H groups in total. The maximum absolute atomic E-state index is 13.5. The highest BCUT2D eigenvalue weighted by Gasteiger charge is 2.35. The summed E-state index contributed by atoms with van der Waals surface area (Å²) >= 11 is 3.46. The van der Waals surface area contributed by atoms with Gasteiger partial charge in [0.15, 0.2) is 11.5 Å². The van der Waals surface area contributed by atoms with E-state index in [4.69, 9.17) is 14.2 Å². The summed E-state index contributed by atoms with van der Waals surface area (Å²) in [6.45, 7) is 0. The number of fused-ring (bicyclic) bond motifs is 1. The van der Waals surface area contributed by atoms with Gasteiger partial charge in [-0.15, -0.1) is 0 Å². The number of benzene rings is 3. The fraction of sp³-hybridized carbons (Fsp3) is 0.174. The van der Waals surface area contributed by atoms with E-state index in [-0.39, 0.29) is 5.91 Å². The smallest absolute Gasteiger partial charge is 0.262 e. The van der Waals surface area contributed by atoms with Gasteiger partial charge in [0.25, 0.3) is 5.91 Å². The van der Waals surface area contributed by atoms with Gasteiger partial charge in [-0.05, 0) is 48.5 Å². The molecule has 1 atom stereocenters. The van der Waals surface area contributed by atoms with Gasteiger partial charge in [0.2, 0.25) is 5.75 Å². The molecule has 30 heavy (non-hydrogen) atoms. The summed E-state index contributed by atoms with van der Waals surface area (Å²) in [7, 11) is 4.71. The molecular formula is C23H21BrN2O4. The second kappa shape index (κ2) is 8.28. The van der Waals surface area contributed by atoms with E-state index < -0.39 is 6.17 Å². The number of methoxy groups -OCH3 is 3. The molecule has 0 unspecified atom stereocenters. The second-order valence-electron chi connectivity index (χ2n) is 6.70. The Labute approximate surface area is 183 Å². The number of hydrogen-bond donors (Lipinski definition) is 1. The molecule has 1 aliphatic rings. The molecule has 0 saturated carbocycles. The van der Waals surface area contributed by atoms with Crippen LogP contribution in [0, 0.1) is 0 Å². The van der Waals surface area contributed by atoms with E-state index in [2.05, 4.69) is 21.2 Å². The molecule has 0 aliphatic carbocycles. The summed E-state index contributed by atoms with van der Waals surface area (Å²) in [5.41, 5.74) is 2.96. The first-order valence-electron chi connectivity index (χ1n) is 9.32. The Morgan fingerprint density at radius 1 is 0.900 bits per heavy atom. The summed E-state index contributed by atoms with van der Waals surface area (Å²) in [6.07, 6.45) is -0.470. The first kappa shape index (κ1) is 20.1. The lowest BCUT2D eigenvalue weighted by molar-refractivity contribution is 0.0975. The van der Waals surface area contributed by atoms with E-state index in [1.165, 1.54) is 0 Å². The van der Waals surface area contributed by atoms with Crippen molar-refractivity contribution >= 4 is 33.2 Å². The lowest BCUT2D eigenvalue weighted by Gasteiger charge is -2.38. The molecule has 154 valence electrons. The molecule has 1 heterocycles. The summed E-state index contributed by atoms with van der Waals surface area (Å²) in [4.78, 5) is 15.2. The number of carbonyl (C=O) groups is 1. The third-order valence-corrected chi connectivity index (χ3v) is 5.56. The van der Waals surface area contributed by atoms with Gasteiger partial charge in [-0.1, -0.05) is 28.1 Å². The third kappa shape index (κ3) is 3.45. The van der Waals surface area contributed by atoms with Crippen LogP contribution in [0.2, 0.25) is 0 Å². The van der Waals surface area contributed by atoms with E-state index in [1.54, 1.807) is 26.2 Å². The molecule has 0 saturated heterocycles. The molecule has 3 aromatic rings. The van der Waals surface area contributed by atoms with Crippen LogP contribution >= 0.6 is 15.9 Å². The average molecular weight is 469 g/mol. The van der Waals surface area contributed by atoms with Gasteiger partial charge in [-0.25, -0.2) is 0 Å². The van der Waals surface area contributed by atoms with Crippen molar-refractivity contribution in [3.63, 3.8) is 0 Å². The van der Waals surface area contributed by atoms with Crippen LogP contribution < -0.4 is 24.4 Å². The van der Waals surface area contributed by atoms with Gasteiger partial charge >= 0.3 is 0 Å². The van der Waals surface area contributed by atoms with E-state index in [0.29, 0.717) is 22.8 Å². The molecule has 4 rings (SSSR count). The van der Waals surface area contributed by atoms with Crippen molar-refractivity contribution in [1.29, 1.82) is 0 Å². The molecule has 0 fully saturated rings. The van der Waals surface area contributed by atoms with Crippen molar-refractivity contribution in [1.82, 2.24) is 0 Å². The largest absolute Gasteiger partial charge is 0.493 e. The summed E-state index contributed by atoms with van der Waals surface area (Å²) in [5, 5.41) is 3.49. The fourth-order valence-corrected chi connectivity index (χ4v) is 3.88. The number of nitrogens with zero attached hydrogens (tertiary/aromatic N) is 1. The number of rotatable bonds is 5. The van der Waals surface area contributed by atoms with E-state index in [1.807, 2.05) is 60.7 Å². The highest BCUT2D eigenvalue weighted by molar-refractivity contribution is 9.10. The highest BCUT2D eigenvalue weighted by Crippen LogP contribution is 2.43. The Hall–Kier alpha value is -3.19. The topological polar surface area (TPSA) is 60.0 Å². The van der Waals surface area contributed by atoms with Crippen LogP contribution in [-0.2, 0) is 0 Å². The van der Waals surface area contributed by atoms with Crippen molar-refractivity contribution in [3.05, 3.63) is 76.3 Å². The Balaban J connectivity index is 1.89. The predicted molar refractivity (Wildman–Crippen MR) is 120 cm³/mol. The number of para-hydroxylation sites is 1. The first-order chi connectivity index (χ1) is 14.6. The van der Waals surface area contributed by atoms with Crippen molar-refractivity contribution in [2.45, 2.75) is 6.17 Å². The zero-order chi connectivity index (χ0) is 21.3. The fourth-order valence-electron chi connectivity index (χ4n) is 3.61. The lowest BCUT2D eigenvalue weighted by atomic mass is 10.0. The molecule has 1 amide bonds.